The van der Waals surface area contributed by atoms with Gasteiger partial charge in [-0.1, -0.05) is 362 Å². The first kappa shape index (κ1) is 95.1. The van der Waals surface area contributed by atoms with E-state index in [-0.39, 0.29) is 25.7 Å². The van der Waals surface area contributed by atoms with Crippen molar-refractivity contribution in [1.29, 1.82) is 0 Å². The van der Waals surface area contributed by atoms with Crippen LogP contribution in [0.2, 0.25) is 0 Å². The van der Waals surface area contributed by atoms with Crippen molar-refractivity contribution < 1.29 is 80.2 Å². The van der Waals surface area contributed by atoms with Gasteiger partial charge in [0.1, 0.15) is 19.3 Å². The Morgan fingerprint density at radius 3 is 0.701 bits per heavy atom. The summed E-state index contributed by atoms with van der Waals surface area (Å²) in [6, 6.07) is 0. The number of aliphatic hydroxyl groups is 1. The average molecular weight is 1420 g/mol. The first-order chi connectivity index (χ1) is 47.0. The third-order valence-electron chi connectivity index (χ3n) is 18.3. The number of hydrogen-bond acceptors (Lipinski definition) is 15. The van der Waals surface area contributed by atoms with Gasteiger partial charge < -0.3 is 33.8 Å². The molecule has 19 heteroatoms. The van der Waals surface area contributed by atoms with E-state index in [0.717, 1.165) is 102 Å². The molecule has 0 bridgehead atoms. The number of carbonyl (C=O) groups is 4. The zero-order valence-electron chi connectivity index (χ0n) is 63.2. The topological polar surface area (TPSA) is 237 Å². The van der Waals surface area contributed by atoms with Gasteiger partial charge in [-0.25, -0.2) is 9.13 Å². The number of carbonyl (C=O) groups excluding carboxylic acids is 4. The SMILES string of the molecule is CCCCCCCCCCCCCCCCCCCCC(=O)O[C@H](COC(=O)CCCCCCCCCCCCCCCCC(C)C)COP(=O)(O)OC[C@@H](O)COP(=O)(O)OC[C@@H](COC(=O)CCCCCCC)OC(=O)CCCCCCCCCCCCCCCCCCC. The fourth-order valence-electron chi connectivity index (χ4n) is 12.1. The van der Waals surface area contributed by atoms with E-state index >= 15 is 0 Å². The van der Waals surface area contributed by atoms with Crippen LogP contribution >= 0.6 is 15.6 Å². The molecule has 0 aromatic heterocycles. The van der Waals surface area contributed by atoms with Gasteiger partial charge in [0.15, 0.2) is 12.2 Å². The lowest BCUT2D eigenvalue weighted by Gasteiger charge is -2.21. The molecular formula is C78H152O17P2. The lowest BCUT2D eigenvalue weighted by atomic mass is 10.0. The van der Waals surface area contributed by atoms with E-state index in [0.29, 0.717) is 25.7 Å². The highest BCUT2D eigenvalue weighted by atomic mass is 31.2. The normalized spacial score (nSPS) is 13.9. The number of phosphoric acid groups is 2. The molecule has 2 unspecified atom stereocenters. The van der Waals surface area contributed by atoms with Gasteiger partial charge in [0.05, 0.1) is 26.4 Å². The van der Waals surface area contributed by atoms with E-state index in [9.17, 15) is 43.2 Å². The quantitative estimate of drug-likeness (QED) is 0.0222. The Labute approximate surface area is 594 Å². The van der Waals surface area contributed by atoms with Gasteiger partial charge in [0.2, 0.25) is 0 Å². The number of unbranched alkanes of at least 4 members (excludes halogenated alkanes) is 50. The van der Waals surface area contributed by atoms with Crippen molar-refractivity contribution in [3.8, 4) is 0 Å². The van der Waals surface area contributed by atoms with Crippen LogP contribution in [-0.4, -0.2) is 96.7 Å². The Morgan fingerprint density at radius 1 is 0.278 bits per heavy atom. The third kappa shape index (κ3) is 72.2. The maximum absolute atomic E-state index is 13.1. The van der Waals surface area contributed by atoms with Crippen molar-refractivity contribution in [2.75, 3.05) is 39.6 Å². The number of esters is 4. The van der Waals surface area contributed by atoms with Gasteiger partial charge in [-0.3, -0.25) is 37.3 Å². The first-order valence-electron chi connectivity index (χ1n) is 40.6. The van der Waals surface area contributed by atoms with Crippen LogP contribution in [0.3, 0.4) is 0 Å². The summed E-state index contributed by atoms with van der Waals surface area (Å²) in [6.07, 6.45) is 61.5. The highest BCUT2D eigenvalue weighted by Crippen LogP contribution is 2.45. The molecule has 0 aliphatic rings. The van der Waals surface area contributed by atoms with Crippen molar-refractivity contribution in [3.05, 3.63) is 0 Å². The van der Waals surface area contributed by atoms with Crippen LogP contribution in [0.4, 0.5) is 0 Å². The van der Waals surface area contributed by atoms with E-state index in [1.807, 2.05) is 0 Å². The summed E-state index contributed by atoms with van der Waals surface area (Å²) in [5.41, 5.74) is 0. The molecule has 0 amide bonds. The Kier molecular flexibility index (Phi) is 69.6. The summed E-state index contributed by atoms with van der Waals surface area (Å²) < 4.78 is 68.4. The van der Waals surface area contributed by atoms with E-state index in [2.05, 4.69) is 34.6 Å². The van der Waals surface area contributed by atoms with E-state index in [4.69, 9.17) is 37.0 Å². The van der Waals surface area contributed by atoms with Crippen molar-refractivity contribution in [2.45, 2.75) is 432 Å². The maximum atomic E-state index is 13.1. The summed E-state index contributed by atoms with van der Waals surface area (Å²) in [7, 11) is -9.90. The molecule has 0 saturated carbocycles. The molecule has 97 heavy (non-hydrogen) atoms. The average Bonchev–Trinajstić information content (AvgIpc) is 1.87. The van der Waals surface area contributed by atoms with Crippen LogP contribution in [0.1, 0.15) is 413 Å². The molecule has 0 spiro atoms. The Bertz CT molecular complexity index is 1860. The molecular weight excluding hydrogens is 1270 g/mol. The summed E-state index contributed by atoms with van der Waals surface area (Å²) in [5, 5.41) is 10.6. The van der Waals surface area contributed by atoms with Gasteiger partial charge in [0, 0.05) is 25.7 Å². The summed E-state index contributed by atoms with van der Waals surface area (Å²) in [6.45, 7) is 7.25. The van der Waals surface area contributed by atoms with Crippen LogP contribution in [0, 0.1) is 5.92 Å². The number of rotatable bonds is 78. The molecule has 0 heterocycles. The number of ether oxygens (including phenoxy) is 4. The van der Waals surface area contributed by atoms with Gasteiger partial charge in [-0.05, 0) is 31.6 Å². The zero-order valence-corrected chi connectivity index (χ0v) is 65.0. The summed E-state index contributed by atoms with van der Waals surface area (Å²) >= 11 is 0. The molecule has 5 atom stereocenters. The molecule has 0 aliphatic carbocycles. The minimum absolute atomic E-state index is 0.108. The van der Waals surface area contributed by atoms with Crippen molar-refractivity contribution in [3.63, 3.8) is 0 Å². The fourth-order valence-corrected chi connectivity index (χ4v) is 13.6. The Hall–Kier alpha value is -1.94. The van der Waals surface area contributed by atoms with E-state index in [1.54, 1.807) is 0 Å². The molecule has 0 rings (SSSR count). The van der Waals surface area contributed by atoms with Crippen LogP contribution in [0.5, 0.6) is 0 Å². The maximum Gasteiger partial charge on any atom is 0.472 e. The predicted octanol–water partition coefficient (Wildman–Crippen LogP) is 23.3. The second-order valence-electron chi connectivity index (χ2n) is 28.6. The van der Waals surface area contributed by atoms with Gasteiger partial charge >= 0.3 is 39.5 Å². The lowest BCUT2D eigenvalue weighted by molar-refractivity contribution is -0.161. The van der Waals surface area contributed by atoms with Gasteiger partial charge in [0.25, 0.3) is 0 Å². The molecule has 0 aliphatic heterocycles. The minimum atomic E-state index is -4.96. The van der Waals surface area contributed by atoms with Crippen molar-refractivity contribution in [1.82, 2.24) is 0 Å². The molecule has 0 fully saturated rings. The smallest absolute Gasteiger partial charge is 0.462 e. The monoisotopic (exact) mass is 1420 g/mol. The first-order valence-corrected chi connectivity index (χ1v) is 43.6. The number of aliphatic hydroxyl groups excluding tert-OH is 1. The second kappa shape index (κ2) is 71.1. The van der Waals surface area contributed by atoms with Crippen LogP contribution < -0.4 is 0 Å². The highest BCUT2D eigenvalue weighted by Gasteiger charge is 2.30. The van der Waals surface area contributed by atoms with E-state index in [1.165, 1.54) is 231 Å². The molecule has 0 aromatic rings. The van der Waals surface area contributed by atoms with Gasteiger partial charge in [-0.15, -0.1) is 0 Å². The second-order valence-corrected chi connectivity index (χ2v) is 31.5. The molecule has 0 radical (unpaired) electrons. The molecule has 576 valence electrons. The van der Waals surface area contributed by atoms with Crippen LogP contribution in [0.15, 0.2) is 0 Å². The van der Waals surface area contributed by atoms with Crippen LogP contribution in [0.25, 0.3) is 0 Å². The molecule has 3 N–H and O–H groups in total. The van der Waals surface area contributed by atoms with E-state index < -0.39 is 97.5 Å². The standard InChI is InChI=1S/C78H152O17P2/c1-6-9-12-15-17-19-21-23-25-27-29-31-37-41-45-49-54-59-64-78(83)95-74(68-89-76(81)62-57-52-47-43-39-35-33-32-34-38-42-46-51-55-60-71(4)5)70-93-97(86,87)91-66-72(79)65-90-96(84,85)92-69-73(67-88-75(80)61-56-50-14-11-8-3)94-77(82)63-58-53-48-44-40-36-30-28-26-24-22-20-18-16-13-10-7-2/h71-74,79H,6-70H2,1-5H3,(H,84,85)(H,86,87)/t72-,73+,74+/m0/s1. The molecule has 0 aromatic carbocycles. The zero-order chi connectivity index (χ0) is 71.2. The summed E-state index contributed by atoms with van der Waals surface area (Å²) in [4.78, 5) is 72.6. The largest absolute Gasteiger partial charge is 0.472 e. The number of phosphoric ester groups is 2. The molecule has 0 saturated heterocycles. The number of hydrogen-bond donors (Lipinski definition) is 3. The predicted molar refractivity (Wildman–Crippen MR) is 395 cm³/mol. The third-order valence-corrected chi connectivity index (χ3v) is 20.2. The summed E-state index contributed by atoms with van der Waals surface area (Å²) in [5.74, 6) is -1.32. The lowest BCUT2D eigenvalue weighted by Crippen LogP contribution is -2.30. The fraction of sp³-hybridized carbons (Fsp3) is 0.949. The van der Waals surface area contributed by atoms with Gasteiger partial charge in [-0.2, -0.15) is 0 Å². The Balaban J connectivity index is 5.12. The molecule has 17 nitrogen and oxygen atoms in total. The van der Waals surface area contributed by atoms with Crippen LogP contribution in [-0.2, 0) is 65.4 Å². The Morgan fingerprint density at radius 2 is 0.474 bits per heavy atom. The highest BCUT2D eigenvalue weighted by molar-refractivity contribution is 7.47. The van der Waals surface area contributed by atoms with Crippen molar-refractivity contribution in [2.24, 2.45) is 5.92 Å². The minimum Gasteiger partial charge on any atom is -0.462 e. The van der Waals surface area contributed by atoms with Crippen molar-refractivity contribution >= 4 is 39.5 Å².